The van der Waals surface area contributed by atoms with E-state index in [-0.39, 0.29) is 36.8 Å². The van der Waals surface area contributed by atoms with E-state index in [0.717, 1.165) is 24.7 Å². The van der Waals surface area contributed by atoms with Gasteiger partial charge in [-0.3, -0.25) is 4.79 Å². The zero-order valence-electron chi connectivity index (χ0n) is 14.9. The van der Waals surface area contributed by atoms with Crippen LogP contribution in [0.5, 0.6) is 0 Å². The predicted octanol–water partition coefficient (Wildman–Crippen LogP) is 1.68. The van der Waals surface area contributed by atoms with Crippen LogP contribution < -0.4 is 5.32 Å². The summed E-state index contributed by atoms with van der Waals surface area (Å²) < 4.78 is 22.8. The minimum Gasteiger partial charge on any atom is -0.481 e. The number of carboxylic acid groups (broad SMARTS) is 1. The Morgan fingerprint density at radius 1 is 1.27 bits per heavy atom. The number of aliphatic carboxylic acids is 1. The van der Waals surface area contributed by atoms with E-state index in [1.165, 1.54) is 0 Å². The molecule has 1 atom stereocenters. The molecule has 1 aliphatic rings. The maximum Gasteiger partial charge on any atom is 0.317 e. The highest BCUT2D eigenvalue weighted by Gasteiger charge is 2.33. The molecular weight excluding hydrogens is 356 g/mol. The van der Waals surface area contributed by atoms with Crippen LogP contribution in [-0.4, -0.2) is 61.1 Å². The van der Waals surface area contributed by atoms with Crippen molar-refractivity contribution in [2.45, 2.75) is 44.2 Å². The van der Waals surface area contributed by atoms with E-state index in [1.54, 1.807) is 4.90 Å². The van der Waals surface area contributed by atoms with Crippen LogP contribution in [0.4, 0.5) is 4.79 Å². The van der Waals surface area contributed by atoms with Crippen LogP contribution in [0.3, 0.4) is 0 Å². The molecule has 144 valence electrons. The summed E-state index contributed by atoms with van der Waals surface area (Å²) >= 11 is 0. The largest absolute Gasteiger partial charge is 0.481 e. The molecule has 1 saturated carbocycles. The van der Waals surface area contributed by atoms with Crippen molar-refractivity contribution in [3.63, 3.8) is 0 Å². The Morgan fingerprint density at radius 2 is 1.92 bits per heavy atom. The molecule has 26 heavy (non-hydrogen) atoms. The lowest BCUT2D eigenvalue weighted by atomic mass is 10.0. The van der Waals surface area contributed by atoms with Crippen LogP contribution in [0.25, 0.3) is 0 Å². The fourth-order valence-corrected chi connectivity index (χ4v) is 3.31. The molecule has 7 nitrogen and oxygen atoms in total. The molecular formula is C18H26N2O5S. The van der Waals surface area contributed by atoms with Crippen LogP contribution in [0.1, 0.15) is 31.2 Å². The van der Waals surface area contributed by atoms with Gasteiger partial charge in [0.15, 0.2) is 0 Å². The van der Waals surface area contributed by atoms with Crippen LogP contribution in [-0.2, 0) is 21.1 Å². The molecule has 0 heterocycles. The predicted molar refractivity (Wildman–Crippen MR) is 98.8 cm³/mol. The normalized spacial score (nSPS) is 15.3. The van der Waals surface area contributed by atoms with E-state index in [0.29, 0.717) is 12.8 Å². The molecule has 0 aromatic heterocycles. The summed E-state index contributed by atoms with van der Waals surface area (Å²) in [4.78, 5) is 25.1. The molecule has 0 aliphatic heterocycles. The number of hydrogen-bond donors (Lipinski definition) is 2. The monoisotopic (exact) mass is 382 g/mol. The van der Waals surface area contributed by atoms with Gasteiger partial charge in [0.2, 0.25) is 0 Å². The number of rotatable bonds is 10. The molecule has 2 amide bonds. The Morgan fingerprint density at radius 3 is 2.46 bits per heavy atom. The van der Waals surface area contributed by atoms with E-state index in [4.69, 9.17) is 5.11 Å². The van der Waals surface area contributed by atoms with E-state index < -0.39 is 15.8 Å². The van der Waals surface area contributed by atoms with Crippen molar-refractivity contribution in [3.05, 3.63) is 35.9 Å². The Hall–Kier alpha value is -2.09. The second-order valence-electron chi connectivity index (χ2n) is 6.82. The molecule has 1 aromatic rings. The van der Waals surface area contributed by atoms with E-state index >= 15 is 0 Å². The maximum atomic E-state index is 12.7. The Kier molecular flexibility index (Phi) is 7.02. The number of nitrogens with zero attached hydrogens (tertiary/aromatic N) is 1. The van der Waals surface area contributed by atoms with Crippen molar-refractivity contribution in [2.24, 2.45) is 0 Å². The fourth-order valence-electron chi connectivity index (χ4n) is 2.78. The van der Waals surface area contributed by atoms with Gasteiger partial charge in [-0.1, -0.05) is 30.3 Å². The molecule has 0 bridgehead atoms. The average Bonchev–Trinajstić information content (AvgIpc) is 3.37. The summed E-state index contributed by atoms with van der Waals surface area (Å²) in [6, 6.07) is 9.00. The number of carboxylic acids is 1. The minimum absolute atomic E-state index is 0.0372. The third-order valence-corrected chi connectivity index (χ3v) is 5.23. The average molecular weight is 382 g/mol. The minimum atomic E-state index is -3.16. The molecule has 0 saturated heterocycles. The summed E-state index contributed by atoms with van der Waals surface area (Å²) in [6.07, 6.45) is 3.71. The van der Waals surface area contributed by atoms with Crippen molar-refractivity contribution >= 4 is 21.8 Å². The molecule has 1 aromatic carbocycles. The first-order valence-corrected chi connectivity index (χ1v) is 10.8. The van der Waals surface area contributed by atoms with E-state index in [2.05, 4.69) is 5.32 Å². The lowest BCUT2D eigenvalue weighted by Crippen LogP contribution is -2.48. The van der Waals surface area contributed by atoms with Crippen LogP contribution >= 0.6 is 0 Å². The van der Waals surface area contributed by atoms with Gasteiger partial charge in [0.1, 0.15) is 9.84 Å². The second kappa shape index (κ2) is 9.02. The van der Waals surface area contributed by atoms with Gasteiger partial charge in [-0.05, 0) is 31.2 Å². The summed E-state index contributed by atoms with van der Waals surface area (Å²) in [7, 11) is -3.16. The quantitative estimate of drug-likeness (QED) is 0.641. The number of sulfone groups is 1. The van der Waals surface area contributed by atoms with Crippen LogP contribution in [0.2, 0.25) is 0 Å². The number of nitrogens with one attached hydrogen (secondary N) is 1. The highest BCUT2D eigenvalue weighted by atomic mass is 32.2. The van der Waals surface area contributed by atoms with Gasteiger partial charge in [-0.15, -0.1) is 0 Å². The van der Waals surface area contributed by atoms with E-state index in [1.807, 2.05) is 30.3 Å². The zero-order valence-corrected chi connectivity index (χ0v) is 15.7. The molecule has 0 spiro atoms. The Labute approximate surface area is 154 Å². The molecule has 2 N–H and O–H groups in total. The number of carbonyl (C=O) groups is 2. The Balaban J connectivity index is 2.01. The molecule has 2 rings (SSSR count). The third kappa shape index (κ3) is 7.43. The summed E-state index contributed by atoms with van der Waals surface area (Å²) in [6.45, 7) is 0.159. The molecule has 8 heteroatoms. The van der Waals surface area contributed by atoms with Gasteiger partial charge in [0.05, 0.1) is 5.75 Å². The van der Waals surface area contributed by atoms with Gasteiger partial charge in [0.25, 0.3) is 0 Å². The van der Waals surface area contributed by atoms with Crippen molar-refractivity contribution in [2.75, 3.05) is 18.6 Å². The molecule has 1 aliphatic carbocycles. The standard InChI is InChI=1S/C18H26N2O5S/c1-26(24,25)12-11-20(16-8-9-16)18(23)19-15(7-10-17(21)22)13-14-5-3-2-4-6-14/h2-6,15-16H,7-13H2,1H3,(H,19,23)(H,21,22). The lowest BCUT2D eigenvalue weighted by Gasteiger charge is -2.26. The van der Waals surface area contributed by atoms with Gasteiger partial charge >= 0.3 is 12.0 Å². The van der Waals surface area contributed by atoms with E-state index in [9.17, 15) is 18.0 Å². The highest BCUT2D eigenvalue weighted by Crippen LogP contribution is 2.27. The lowest BCUT2D eigenvalue weighted by molar-refractivity contribution is -0.137. The second-order valence-corrected chi connectivity index (χ2v) is 9.08. The van der Waals surface area contributed by atoms with Crippen LogP contribution in [0, 0.1) is 0 Å². The van der Waals surface area contributed by atoms with Crippen molar-refractivity contribution in [1.29, 1.82) is 0 Å². The molecule has 0 radical (unpaired) electrons. The smallest absolute Gasteiger partial charge is 0.317 e. The number of amides is 2. The molecule has 1 fully saturated rings. The van der Waals surface area contributed by atoms with Crippen molar-refractivity contribution < 1.29 is 23.1 Å². The number of hydrogen-bond acceptors (Lipinski definition) is 4. The SMILES string of the molecule is CS(=O)(=O)CCN(C(=O)NC(CCC(=O)O)Cc1ccccc1)C1CC1. The number of carbonyl (C=O) groups excluding carboxylic acids is 1. The van der Waals surface area contributed by atoms with Gasteiger partial charge in [0, 0.05) is 31.3 Å². The molecule has 1 unspecified atom stereocenters. The topological polar surface area (TPSA) is 104 Å². The van der Waals surface area contributed by atoms with Crippen molar-refractivity contribution in [3.8, 4) is 0 Å². The summed E-state index contributed by atoms with van der Waals surface area (Å²) in [5, 5.41) is 11.9. The number of benzene rings is 1. The van der Waals surface area contributed by atoms with Gasteiger partial charge in [-0.2, -0.15) is 0 Å². The first-order chi connectivity index (χ1) is 12.2. The van der Waals surface area contributed by atoms with Crippen molar-refractivity contribution in [1.82, 2.24) is 10.2 Å². The zero-order chi connectivity index (χ0) is 19.2. The first-order valence-electron chi connectivity index (χ1n) is 8.75. The van der Waals surface area contributed by atoms with Gasteiger partial charge in [-0.25, -0.2) is 13.2 Å². The summed E-state index contributed by atoms with van der Waals surface area (Å²) in [5.41, 5.74) is 1.01. The van der Waals surface area contributed by atoms with Crippen LogP contribution in [0.15, 0.2) is 30.3 Å². The highest BCUT2D eigenvalue weighted by molar-refractivity contribution is 7.90. The Bertz CT molecular complexity index is 716. The summed E-state index contributed by atoms with van der Waals surface area (Å²) in [5.74, 6) is -0.983. The first kappa shape index (κ1) is 20.2. The number of urea groups is 1. The third-order valence-electron chi connectivity index (χ3n) is 4.31. The fraction of sp³-hybridized carbons (Fsp3) is 0.556. The van der Waals surface area contributed by atoms with Gasteiger partial charge < -0.3 is 15.3 Å². The maximum absolute atomic E-state index is 12.7.